The molecule has 6 nitrogen and oxygen atoms in total. The van der Waals surface area contributed by atoms with Crippen molar-refractivity contribution in [2.75, 3.05) is 0 Å². The summed E-state index contributed by atoms with van der Waals surface area (Å²) in [5.74, 6) is -0.832. The Kier molecular flexibility index (Phi) is 7.52. The van der Waals surface area contributed by atoms with E-state index >= 15 is 0 Å². The first kappa shape index (κ1) is 18.1. The van der Waals surface area contributed by atoms with Crippen LogP contribution in [0.4, 0.5) is 0 Å². The maximum atomic E-state index is 12.3. The molecular formula is C16H25N3O3. The minimum absolute atomic E-state index is 0.183. The van der Waals surface area contributed by atoms with Crippen LogP contribution in [-0.4, -0.2) is 34.1 Å². The van der Waals surface area contributed by atoms with Crippen LogP contribution in [0.2, 0.25) is 0 Å². The highest BCUT2D eigenvalue weighted by Crippen LogP contribution is 2.08. The molecule has 0 radical (unpaired) electrons. The third-order valence-corrected chi connectivity index (χ3v) is 3.32. The fourth-order valence-corrected chi connectivity index (χ4v) is 2.14. The summed E-state index contributed by atoms with van der Waals surface area (Å²) in [6.07, 6.45) is 4.38. The van der Waals surface area contributed by atoms with Crippen molar-refractivity contribution in [1.82, 2.24) is 15.6 Å². The summed E-state index contributed by atoms with van der Waals surface area (Å²) < 4.78 is 0. The van der Waals surface area contributed by atoms with Gasteiger partial charge < -0.3 is 10.4 Å². The van der Waals surface area contributed by atoms with E-state index in [2.05, 4.69) is 15.6 Å². The van der Waals surface area contributed by atoms with Gasteiger partial charge in [0.2, 0.25) is 5.91 Å². The maximum absolute atomic E-state index is 12.3. The molecule has 22 heavy (non-hydrogen) atoms. The van der Waals surface area contributed by atoms with Gasteiger partial charge in [0.05, 0.1) is 6.04 Å². The number of hydrogen-bond acceptors (Lipinski definition) is 4. The van der Waals surface area contributed by atoms with E-state index in [9.17, 15) is 9.59 Å². The molecule has 3 N–H and O–H groups in total. The zero-order valence-corrected chi connectivity index (χ0v) is 13.4. The average molecular weight is 307 g/mol. The van der Waals surface area contributed by atoms with Gasteiger partial charge in [-0.2, -0.15) is 0 Å². The summed E-state index contributed by atoms with van der Waals surface area (Å²) in [6, 6.07) is 2.46. The summed E-state index contributed by atoms with van der Waals surface area (Å²) in [5, 5.41) is 14.9. The van der Waals surface area contributed by atoms with Gasteiger partial charge in [0, 0.05) is 18.9 Å². The molecule has 122 valence electrons. The van der Waals surface area contributed by atoms with E-state index in [0.29, 0.717) is 19.4 Å². The topological polar surface area (TPSA) is 91.3 Å². The number of nitrogens with zero attached hydrogens (tertiary/aromatic N) is 1. The van der Waals surface area contributed by atoms with Crippen molar-refractivity contribution < 1.29 is 14.7 Å². The summed E-state index contributed by atoms with van der Waals surface area (Å²) in [5.41, 5.74) is 0.907. The lowest BCUT2D eigenvalue weighted by molar-refractivity contribution is -0.140. The lowest BCUT2D eigenvalue weighted by Crippen LogP contribution is -2.51. The lowest BCUT2D eigenvalue weighted by Gasteiger charge is -2.23. The zero-order chi connectivity index (χ0) is 16.5. The number of carbonyl (C=O) groups is 2. The molecule has 0 fully saturated rings. The van der Waals surface area contributed by atoms with Crippen molar-refractivity contribution in [2.24, 2.45) is 5.92 Å². The normalized spacial score (nSPS) is 13.6. The van der Waals surface area contributed by atoms with E-state index in [1.54, 1.807) is 19.3 Å². The Morgan fingerprint density at radius 3 is 2.55 bits per heavy atom. The summed E-state index contributed by atoms with van der Waals surface area (Å²) in [7, 11) is 0. The molecule has 6 heteroatoms. The van der Waals surface area contributed by atoms with Crippen LogP contribution in [0.3, 0.4) is 0 Å². The number of carboxylic acids is 1. The Balaban J connectivity index is 2.65. The number of nitrogens with one attached hydrogen (secondary N) is 2. The number of amides is 1. The molecule has 0 saturated heterocycles. The molecule has 0 aliphatic carbocycles. The van der Waals surface area contributed by atoms with Crippen molar-refractivity contribution in [2.45, 2.75) is 52.2 Å². The lowest BCUT2D eigenvalue weighted by atomic mass is 10.0. The Morgan fingerprint density at radius 2 is 2.05 bits per heavy atom. The smallest absolute Gasteiger partial charge is 0.320 e. The highest BCUT2D eigenvalue weighted by atomic mass is 16.4. The van der Waals surface area contributed by atoms with Crippen LogP contribution in [0, 0.1) is 5.92 Å². The monoisotopic (exact) mass is 307 g/mol. The van der Waals surface area contributed by atoms with E-state index in [0.717, 1.165) is 5.56 Å². The molecule has 2 unspecified atom stereocenters. The van der Waals surface area contributed by atoms with Crippen molar-refractivity contribution >= 4 is 11.9 Å². The van der Waals surface area contributed by atoms with Gasteiger partial charge in [-0.3, -0.25) is 19.9 Å². The molecule has 1 aromatic heterocycles. The predicted octanol–water partition coefficient (Wildman–Crippen LogP) is 1.57. The quantitative estimate of drug-likeness (QED) is 0.644. The summed E-state index contributed by atoms with van der Waals surface area (Å²) >= 11 is 0. The van der Waals surface area contributed by atoms with Crippen LogP contribution in [0.25, 0.3) is 0 Å². The number of hydrogen-bond donors (Lipinski definition) is 3. The molecule has 1 heterocycles. The van der Waals surface area contributed by atoms with E-state index < -0.39 is 18.1 Å². The van der Waals surface area contributed by atoms with Crippen LogP contribution in [0.5, 0.6) is 0 Å². The van der Waals surface area contributed by atoms with Gasteiger partial charge >= 0.3 is 5.97 Å². The fraction of sp³-hybridized carbons (Fsp3) is 0.562. The Morgan fingerprint density at radius 1 is 1.32 bits per heavy atom. The second-order valence-electron chi connectivity index (χ2n) is 5.73. The van der Waals surface area contributed by atoms with Crippen LogP contribution in [-0.2, 0) is 16.1 Å². The second-order valence-corrected chi connectivity index (χ2v) is 5.73. The van der Waals surface area contributed by atoms with Gasteiger partial charge in [0.15, 0.2) is 0 Å². The first-order chi connectivity index (χ1) is 10.4. The molecular weight excluding hydrogens is 282 g/mol. The largest absolute Gasteiger partial charge is 0.480 e. The van der Waals surface area contributed by atoms with E-state index in [4.69, 9.17) is 5.11 Å². The fourth-order valence-electron chi connectivity index (χ4n) is 2.14. The zero-order valence-electron chi connectivity index (χ0n) is 13.4. The van der Waals surface area contributed by atoms with Gasteiger partial charge in [0.1, 0.15) is 6.04 Å². The molecule has 2 atom stereocenters. The Labute approximate surface area is 131 Å². The molecule has 0 aliphatic rings. The molecule has 1 amide bonds. The van der Waals surface area contributed by atoms with Crippen LogP contribution >= 0.6 is 0 Å². The Hall–Kier alpha value is -1.95. The molecule has 0 saturated carbocycles. The summed E-state index contributed by atoms with van der Waals surface area (Å²) in [6.45, 7) is 6.17. The van der Waals surface area contributed by atoms with Crippen LogP contribution < -0.4 is 10.6 Å². The molecule has 1 aromatic rings. The Bertz CT molecular complexity index is 477. The van der Waals surface area contributed by atoms with Crippen molar-refractivity contribution in [3.63, 3.8) is 0 Å². The highest BCUT2D eigenvalue weighted by Gasteiger charge is 2.25. The second kappa shape index (κ2) is 9.15. The van der Waals surface area contributed by atoms with Gasteiger partial charge in [0.25, 0.3) is 0 Å². The van der Waals surface area contributed by atoms with Gasteiger partial charge in [-0.1, -0.05) is 26.8 Å². The van der Waals surface area contributed by atoms with Gasteiger partial charge in [-0.15, -0.1) is 0 Å². The highest BCUT2D eigenvalue weighted by molar-refractivity contribution is 5.83. The van der Waals surface area contributed by atoms with Crippen LogP contribution in [0.15, 0.2) is 24.5 Å². The third kappa shape index (κ3) is 6.22. The number of carboxylic acid groups (broad SMARTS) is 1. The maximum Gasteiger partial charge on any atom is 0.320 e. The molecule has 1 rings (SSSR count). The van der Waals surface area contributed by atoms with Gasteiger partial charge in [-0.25, -0.2) is 0 Å². The molecule has 0 spiro atoms. The average Bonchev–Trinajstić information content (AvgIpc) is 2.49. The summed E-state index contributed by atoms with van der Waals surface area (Å²) in [4.78, 5) is 27.5. The van der Waals surface area contributed by atoms with Gasteiger partial charge in [-0.05, 0) is 30.4 Å². The number of rotatable bonds is 9. The van der Waals surface area contributed by atoms with E-state index in [1.807, 2.05) is 26.0 Å². The molecule has 0 aromatic carbocycles. The predicted molar refractivity (Wildman–Crippen MR) is 84.2 cm³/mol. The minimum atomic E-state index is -0.934. The minimum Gasteiger partial charge on any atom is -0.480 e. The first-order valence-electron chi connectivity index (χ1n) is 7.59. The van der Waals surface area contributed by atoms with Crippen molar-refractivity contribution in [3.05, 3.63) is 30.1 Å². The van der Waals surface area contributed by atoms with Crippen LogP contribution in [0.1, 0.15) is 39.2 Å². The van der Waals surface area contributed by atoms with E-state index in [-0.39, 0.29) is 11.8 Å². The SMILES string of the molecule is CCC(NC(CC(C)C)C(=O)NCc1cccnc1)C(=O)O. The van der Waals surface area contributed by atoms with Crippen molar-refractivity contribution in [3.8, 4) is 0 Å². The first-order valence-corrected chi connectivity index (χ1v) is 7.59. The van der Waals surface area contributed by atoms with E-state index in [1.165, 1.54) is 0 Å². The molecule has 0 aliphatic heterocycles. The number of aromatic nitrogens is 1. The number of pyridine rings is 1. The standard InChI is InChI=1S/C16H25N3O3/c1-4-13(16(21)22)19-14(8-11(2)3)15(20)18-10-12-6-5-7-17-9-12/h5-7,9,11,13-14,19H,4,8,10H2,1-3H3,(H,18,20)(H,21,22). The number of carbonyl (C=O) groups excluding carboxylic acids is 1. The number of aliphatic carboxylic acids is 1. The molecule has 0 bridgehead atoms. The third-order valence-electron chi connectivity index (χ3n) is 3.32. The van der Waals surface area contributed by atoms with Crippen molar-refractivity contribution in [1.29, 1.82) is 0 Å².